The third-order valence-corrected chi connectivity index (χ3v) is 4.21. The van der Waals surface area contributed by atoms with Crippen LogP contribution in [0, 0.1) is 5.92 Å². The Morgan fingerprint density at radius 3 is 2.68 bits per heavy atom. The van der Waals surface area contributed by atoms with Crippen LogP contribution >= 0.6 is 11.8 Å². The van der Waals surface area contributed by atoms with Gasteiger partial charge in [0, 0.05) is 0 Å². The molecule has 1 heterocycles. The molecule has 0 bridgehead atoms. The van der Waals surface area contributed by atoms with Crippen molar-refractivity contribution in [2.75, 3.05) is 18.3 Å². The summed E-state index contributed by atoms with van der Waals surface area (Å²) in [4.78, 5) is 30.6. The van der Waals surface area contributed by atoms with E-state index in [0.717, 1.165) is 12.8 Å². The first-order chi connectivity index (χ1) is 10.6. The fourth-order valence-corrected chi connectivity index (χ4v) is 2.96. The topological polar surface area (TPSA) is 59.0 Å². The predicted octanol–water partition coefficient (Wildman–Crippen LogP) is 3.09. The van der Waals surface area contributed by atoms with E-state index in [2.05, 4.69) is 4.99 Å². The highest BCUT2D eigenvalue weighted by molar-refractivity contribution is 8.13. The molecule has 1 aliphatic heterocycles. The molecule has 1 aromatic carbocycles. The van der Waals surface area contributed by atoms with E-state index < -0.39 is 5.92 Å². The van der Waals surface area contributed by atoms with Crippen LogP contribution in [0.5, 0.6) is 5.75 Å². The molecule has 22 heavy (non-hydrogen) atoms. The lowest BCUT2D eigenvalue weighted by Crippen LogP contribution is -2.46. The number of aliphatic imine (C=N–C) groups is 1. The van der Waals surface area contributed by atoms with Crippen molar-refractivity contribution < 1.29 is 14.3 Å². The molecule has 5 nitrogen and oxygen atoms in total. The van der Waals surface area contributed by atoms with Crippen LogP contribution in [0.15, 0.2) is 29.3 Å². The Kier molecular flexibility index (Phi) is 5.60. The number of anilines is 1. The second-order valence-corrected chi connectivity index (χ2v) is 5.75. The van der Waals surface area contributed by atoms with Crippen LogP contribution in [-0.2, 0) is 9.59 Å². The molecule has 0 saturated carbocycles. The summed E-state index contributed by atoms with van der Waals surface area (Å²) in [6.45, 7) is 2.03. The second kappa shape index (κ2) is 7.45. The average molecular weight is 320 g/mol. The zero-order valence-electron chi connectivity index (χ0n) is 13.0. The molecule has 0 radical (unpaired) electrons. The molecular weight excluding hydrogens is 300 g/mol. The van der Waals surface area contributed by atoms with E-state index in [1.165, 1.54) is 16.7 Å². The Bertz CT molecular complexity index is 601. The molecule has 1 aromatic rings. The molecule has 1 atom stereocenters. The number of amidine groups is 1. The number of unbranched alkanes of at least 4 members (excludes halogenated alkanes) is 1. The normalized spacial score (nSPS) is 18.4. The van der Waals surface area contributed by atoms with E-state index in [-0.39, 0.29) is 11.8 Å². The fourth-order valence-electron chi connectivity index (χ4n) is 2.41. The van der Waals surface area contributed by atoms with Crippen LogP contribution in [0.3, 0.4) is 0 Å². The summed E-state index contributed by atoms with van der Waals surface area (Å²) in [5, 5.41) is 0.396. The molecular formula is C16H20N2O3S. The highest BCUT2D eigenvalue weighted by Crippen LogP contribution is 2.34. The number of methoxy groups -OCH3 is 1. The van der Waals surface area contributed by atoms with Crippen LogP contribution in [0.2, 0.25) is 0 Å². The Labute approximate surface area is 134 Å². The first-order valence-corrected chi connectivity index (χ1v) is 8.50. The molecule has 2 amide bonds. The van der Waals surface area contributed by atoms with Crippen LogP contribution in [0.1, 0.15) is 26.2 Å². The number of thioether (sulfide) groups is 1. The lowest BCUT2D eigenvalue weighted by Gasteiger charge is -2.30. The number of amides is 2. The smallest absolute Gasteiger partial charge is 0.260 e. The minimum Gasteiger partial charge on any atom is -0.495 e. The molecule has 0 aliphatic carbocycles. The summed E-state index contributed by atoms with van der Waals surface area (Å²) in [5.41, 5.74) is 0.622. The quantitative estimate of drug-likeness (QED) is 0.782. The summed E-state index contributed by atoms with van der Waals surface area (Å²) in [6.07, 6.45) is 4.09. The van der Waals surface area contributed by atoms with Crippen molar-refractivity contribution in [2.45, 2.75) is 26.2 Å². The number of nitrogens with zero attached hydrogens (tertiary/aromatic N) is 2. The third kappa shape index (κ3) is 3.16. The lowest BCUT2D eigenvalue weighted by atomic mass is 9.98. The number of ether oxygens (including phenoxy) is 1. The Balaban J connectivity index is 2.45. The van der Waals surface area contributed by atoms with Gasteiger partial charge in [0.1, 0.15) is 11.7 Å². The van der Waals surface area contributed by atoms with Crippen LogP contribution in [0.4, 0.5) is 5.69 Å². The molecule has 2 rings (SSSR count). The van der Waals surface area contributed by atoms with Crippen molar-refractivity contribution >= 4 is 34.4 Å². The van der Waals surface area contributed by atoms with Gasteiger partial charge in [-0.15, -0.1) is 0 Å². The van der Waals surface area contributed by atoms with Crippen molar-refractivity contribution in [2.24, 2.45) is 10.9 Å². The van der Waals surface area contributed by atoms with Crippen molar-refractivity contribution in [3.05, 3.63) is 24.3 Å². The third-order valence-electron chi connectivity index (χ3n) is 3.57. The number of carbonyl (C=O) groups is 2. The van der Waals surface area contributed by atoms with Gasteiger partial charge in [-0.1, -0.05) is 43.7 Å². The highest BCUT2D eigenvalue weighted by atomic mass is 32.2. The summed E-state index contributed by atoms with van der Waals surface area (Å²) in [7, 11) is 1.56. The molecule has 0 spiro atoms. The van der Waals surface area contributed by atoms with Crippen molar-refractivity contribution in [1.29, 1.82) is 0 Å². The predicted molar refractivity (Wildman–Crippen MR) is 89.5 cm³/mol. The number of rotatable bonds is 5. The van der Waals surface area contributed by atoms with Gasteiger partial charge in [0.25, 0.3) is 5.91 Å². The Morgan fingerprint density at radius 1 is 1.32 bits per heavy atom. The maximum absolute atomic E-state index is 12.8. The van der Waals surface area contributed by atoms with Crippen LogP contribution < -0.4 is 9.64 Å². The molecule has 0 N–H and O–H groups in total. The van der Waals surface area contributed by atoms with Crippen LogP contribution in [0.25, 0.3) is 0 Å². The summed E-state index contributed by atoms with van der Waals surface area (Å²) >= 11 is 1.28. The lowest BCUT2D eigenvalue weighted by molar-refractivity contribution is -0.132. The minimum atomic E-state index is -0.694. The van der Waals surface area contributed by atoms with E-state index in [4.69, 9.17) is 4.74 Å². The molecule has 6 heteroatoms. The first-order valence-electron chi connectivity index (χ1n) is 7.27. The van der Waals surface area contributed by atoms with Gasteiger partial charge in [0.15, 0.2) is 5.17 Å². The number of carbonyl (C=O) groups excluding carboxylic acids is 2. The fraction of sp³-hybridized carbons (Fsp3) is 0.438. The summed E-state index contributed by atoms with van der Waals surface area (Å²) < 4.78 is 5.34. The summed E-state index contributed by atoms with van der Waals surface area (Å²) in [6, 6.07) is 7.26. The number of hydrogen-bond donors (Lipinski definition) is 0. The SMILES string of the molecule is CCCCC1C(=O)N=C(SC)N(c2ccccc2OC)C1=O. The highest BCUT2D eigenvalue weighted by Gasteiger charge is 2.38. The van der Waals surface area contributed by atoms with Crippen molar-refractivity contribution in [1.82, 2.24) is 0 Å². The minimum absolute atomic E-state index is 0.220. The van der Waals surface area contributed by atoms with Gasteiger partial charge in [-0.3, -0.25) is 14.5 Å². The second-order valence-electron chi connectivity index (χ2n) is 4.98. The molecule has 0 saturated heterocycles. The van der Waals surface area contributed by atoms with Gasteiger partial charge in [0.05, 0.1) is 12.8 Å². The number of para-hydroxylation sites is 2. The van der Waals surface area contributed by atoms with E-state index in [1.807, 2.05) is 19.1 Å². The standard InChI is InChI=1S/C16H20N2O3S/c1-4-5-8-11-14(19)17-16(22-3)18(15(11)20)12-9-6-7-10-13(12)21-2/h6-7,9-11H,4-5,8H2,1-3H3. The van der Waals surface area contributed by atoms with Gasteiger partial charge >= 0.3 is 0 Å². The van der Waals surface area contributed by atoms with Crippen molar-refractivity contribution in [3.63, 3.8) is 0 Å². The van der Waals surface area contributed by atoms with E-state index in [9.17, 15) is 9.59 Å². The monoisotopic (exact) mass is 320 g/mol. The molecule has 1 aliphatic rings. The Hall–Kier alpha value is -1.82. The number of benzene rings is 1. The van der Waals surface area contributed by atoms with Gasteiger partial charge < -0.3 is 4.74 Å². The molecule has 0 fully saturated rings. The average Bonchev–Trinajstić information content (AvgIpc) is 2.54. The maximum atomic E-state index is 12.8. The van der Waals surface area contributed by atoms with Gasteiger partial charge in [0.2, 0.25) is 5.91 Å². The zero-order chi connectivity index (χ0) is 16.1. The number of hydrogen-bond acceptors (Lipinski definition) is 4. The van der Waals surface area contributed by atoms with Gasteiger partial charge in [-0.05, 0) is 24.8 Å². The van der Waals surface area contributed by atoms with Gasteiger partial charge in [-0.2, -0.15) is 4.99 Å². The van der Waals surface area contributed by atoms with E-state index >= 15 is 0 Å². The van der Waals surface area contributed by atoms with E-state index in [0.29, 0.717) is 23.0 Å². The molecule has 1 unspecified atom stereocenters. The van der Waals surface area contributed by atoms with Crippen molar-refractivity contribution in [3.8, 4) is 5.75 Å². The zero-order valence-corrected chi connectivity index (χ0v) is 13.9. The molecule has 0 aromatic heterocycles. The summed E-state index contributed by atoms with van der Waals surface area (Å²) in [5.74, 6) is -0.668. The van der Waals surface area contributed by atoms with Gasteiger partial charge in [-0.25, -0.2) is 0 Å². The maximum Gasteiger partial charge on any atom is 0.260 e. The van der Waals surface area contributed by atoms with E-state index in [1.54, 1.807) is 25.5 Å². The largest absolute Gasteiger partial charge is 0.495 e. The molecule has 118 valence electrons. The first kappa shape index (κ1) is 16.5. The Morgan fingerprint density at radius 2 is 2.05 bits per heavy atom. The van der Waals surface area contributed by atoms with Crippen LogP contribution in [-0.4, -0.2) is 30.3 Å².